The Labute approximate surface area is 117 Å². The lowest BCUT2D eigenvalue weighted by molar-refractivity contribution is 0.200. The number of nitrogens with one attached hydrogen (secondary N) is 1. The van der Waals surface area contributed by atoms with Gasteiger partial charge in [0.05, 0.1) is 7.11 Å². The fourth-order valence-corrected chi connectivity index (χ4v) is 2.85. The third-order valence-corrected chi connectivity index (χ3v) is 4.31. The SMILES string of the molecule is CCCNCC(Cc1ccc(OC)cc1)C1CCC1. The van der Waals surface area contributed by atoms with E-state index in [1.165, 1.54) is 44.2 Å². The molecule has 0 amide bonds. The van der Waals surface area contributed by atoms with E-state index in [-0.39, 0.29) is 0 Å². The molecule has 19 heavy (non-hydrogen) atoms. The summed E-state index contributed by atoms with van der Waals surface area (Å²) in [6.45, 7) is 4.55. The average Bonchev–Trinajstić information content (AvgIpc) is 2.38. The van der Waals surface area contributed by atoms with Gasteiger partial charge in [0.25, 0.3) is 0 Å². The molecule has 0 radical (unpaired) electrons. The molecule has 2 heteroatoms. The van der Waals surface area contributed by atoms with Gasteiger partial charge in [0.1, 0.15) is 5.75 Å². The van der Waals surface area contributed by atoms with Gasteiger partial charge in [-0.15, -0.1) is 0 Å². The Balaban J connectivity index is 1.89. The molecule has 2 rings (SSSR count). The van der Waals surface area contributed by atoms with Crippen LogP contribution in [0, 0.1) is 11.8 Å². The standard InChI is InChI=1S/C17H27NO/c1-3-11-18-13-16(15-5-4-6-15)12-14-7-9-17(19-2)10-8-14/h7-10,15-16,18H,3-6,11-13H2,1-2H3. The van der Waals surface area contributed by atoms with Crippen molar-refractivity contribution in [3.63, 3.8) is 0 Å². The summed E-state index contributed by atoms with van der Waals surface area (Å²) in [5.41, 5.74) is 1.44. The first-order chi connectivity index (χ1) is 9.33. The molecule has 1 N–H and O–H groups in total. The highest BCUT2D eigenvalue weighted by Gasteiger charge is 2.26. The summed E-state index contributed by atoms with van der Waals surface area (Å²) in [7, 11) is 1.72. The second-order valence-corrected chi connectivity index (χ2v) is 5.71. The highest BCUT2D eigenvalue weighted by Crippen LogP contribution is 2.35. The molecule has 0 heterocycles. The number of rotatable bonds is 8. The number of hydrogen-bond acceptors (Lipinski definition) is 2. The van der Waals surface area contributed by atoms with Gasteiger partial charge in [-0.05, 0) is 55.5 Å². The maximum absolute atomic E-state index is 5.22. The minimum absolute atomic E-state index is 0.800. The lowest BCUT2D eigenvalue weighted by atomic mass is 9.73. The van der Waals surface area contributed by atoms with Crippen molar-refractivity contribution in [3.8, 4) is 5.75 Å². The van der Waals surface area contributed by atoms with Crippen LogP contribution in [0.4, 0.5) is 0 Å². The fourth-order valence-electron chi connectivity index (χ4n) is 2.85. The largest absolute Gasteiger partial charge is 0.497 e. The van der Waals surface area contributed by atoms with E-state index in [1.54, 1.807) is 7.11 Å². The van der Waals surface area contributed by atoms with E-state index >= 15 is 0 Å². The van der Waals surface area contributed by atoms with Crippen molar-refractivity contribution in [1.82, 2.24) is 5.32 Å². The minimum atomic E-state index is 0.800. The molecular formula is C17H27NO. The Hall–Kier alpha value is -1.02. The predicted octanol–water partition coefficient (Wildman–Crippen LogP) is 3.65. The van der Waals surface area contributed by atoms with Crippen molar-refractivity contribution in [2.45, 2.75) is 39.0 Å². The van der Waals surface area contributed by atoms with Crippen LogP contribution in [0.3, 0.4) is 0 Å². The van der Waals surface area contributed by atoms with E-state index in [4.69, 9.17) is 4.74 Å². The van der Waals surface area contributed by atoms with E-state index in [0.717, 1.165) is 24.1 Å². The van der Waals surface area contributed by atoms with Crippen molar-refractivity contribution in [2.24, 2.45) is 11.8 Å². The zero-order valence-corrected chi connectivity index (χ0v) is 12.3. The second kappa shape index (κ2) is 7.54. The molecule has 1 unspecified atom stereocenters. The molecule has 1 saturated carbocycles. The molecule has 1 aliphatic rings. The third-order valence-electron chi connectivity index (χ3n) is 4.31. The van der Waals surface area contributed by atoms with Crippen molar-refractivity contribution in [1.29, 1.82) is 0 Å². The summed E-state index contributed by atoms with van der Waals surface area (Å²) in [5.74, 6) is 2.69. The predicted molar refractivity (Wildman–Crippen MR) is 80.7 cm³/mol. The summed E-state index contributed by atoms with van der Waals surface area (Å²) < 4.78 is 5.22. The summed E-state index contributed by atoms with van der Waals surface area (Å²) in [5, 5.41) is 3.60. The number of hydrogen-bond donors (Lipinski definition) is 1. The van der Waals surface area contributed by atoms with Crippen LogP contribution in [0.15, 0.2) is 24.3 Å². The quantitative estimate of drug-likeness (QED) is 0.721. The van der Waals surface area contributed by atoms with Gasteiger partial charge in [-0.1, -0.05) is 38.3 Å². The van der Waals surface area contributed by atoms with Gasteiger partial charge in [-0.25, -0.2) is 0 Å². The first-order valence-electron chi connectivity index (χ1n) is 7.67. The molecule has 0 aliphatic heterocycles. The molecular weight excluding hydrogens is 234 g/mol. The Morgan fingerprint density at radius 1 is 1.26 bits per heavy atom. The van der Waals surface area contributed by atoms with Crippen LogP contribution in [0.1, 0.15) is 38.2 Å². The normalized spacial score (nSPS) is 16.9. The Morgan fingerprint density at radius 3 is 2.53 bits per heavy atom. The monoisotopic (exact) mass is 261 g/mol. The number of methoxy groups -OCH3 is 1. The summed E-state index contributed by atoms with van der Waals surface area (Å²) in [4.78, 5) is 0. The van der Waals surface area contributed by atoms with E-state index in [1.807, 2.05) is 0 Å². The van der Waals surface area contributed by atoms with E-state index < -0.39 is 0 Å². The zero-order chi connectivity index (χ0) is 13.5. The summed E-state index contributed by atoms with van der Waals surface area (Å²) in [6.07, 6.45) is 6.70. The zero-order valence-electron chi connectivity index (χ0n) is 12.3. The van der Waals surface area contributed by atoms with Crippen molar-refractivity contribution in [2.75, 3.05) is 20.2 Å². The highest BCUT2D eigenvalue weighted by atomic mass is 16.5. The molecule has 0 saturated heterocycles. The Morgan fingerprint density at radius 2 is 2.00 bits per heavy atom. The van der Waals surface area contributed by atoms with Gasteiger partial charge in [0.15, 0.2) is 0 Å². The number of benzene rings is 1. The van der Waals surface area contributed by atoms with Crippen LogP contribution in [-0.2, 0) is 6.42 Å². The first-order valence-corrected chi connectivity index (χ1v) is 7.67. The molecule has 1 aromatic rings. The maximum Gasteiger partial charge on any atom is 0.118 e. The molecule has 106 valence electrons. The molecule has 1 fully saturated rings. The van der Waals surface area contributed by atoms with Gasteiger partial charge in [0, 0.05) is 0 Å². The molecule has 0 aromatic heterocycles. The van der Waals surface area contributed by atoms with Crippen LogP contribution in [0.2, 0.25) is 0 Å². The lowest BCUT2D eigenvalue weighted by Gasteiger charge is -2.34. The maximum atomic E-state index is 5.22. The fraction of sp³-hybridized carbons (Fsp3) is 0.647. The van der Waals surface area contributed by atoms with Crippen LogP contribution in [-0.4, -0.2) is 20.2 Å². The summed E-state index contributed by atoms with van der Waals surface area (Å²) in [6, 6.07) is 8.58. The van der Waals surface area contributed by atoms with Crippen molar-refractivity contribution in [3.05, 3.63) is 29.8 Å². The average molecular weight is 261 g/mol. The van der Waals surface area contributed by atoms with Crippen molar-refractivity contribution >= 4 is 0 Å². The van der Waals surface area contributed by atoms with Crippen LogP contribution in [0.5, 0.6) is 5.75 Å². The van der Waals surface area contributed by atoms with Gasteiger partial charge >= 0.3 is 0 Å². The second-order valence-electron chi connectivity index (χ2n) is 5.71. The molecule has 0 bridgehead atoms. The Bertz CT molecular complexity index is 356. The van der Waals surface area contributed by atoms with E-state index in [9.17, 15) is 0 Å². The van der Waals surface area contributed by atoms with Crippen LogP contribution >= 0.6 is 0 Å². The minimum Gasteiger partial charge on any atom is -0.497 e. The molecule has 0 spiro atoms. The lowest BCUT2D eigenvalue weighted by Crippen LogP contribution is -2.33. The smallest absolute Gasteiger partial charge is 0.118 e. The molecule has 1 aromatic carbocycles. The van der Waals surface area contributed by atoms with Crippen molar-refractivity contribution < 1.29 is 4.74 Å². The summed E-state index contributed by atoms with van der Waals surface area (Å²) >= 11 is 0. The topological polar surface area (TPSA) is 21.3 Å². The van der Waals surface area contributed by atoms with Gasteiger partial charge in [-0.2, -0.15) is 0 Å². The van der Waals surface area contributed by atoms with Crippen LogP contribution < -0.4 is 10.1 Å². The molecule has 2 nitrogen and oxygen atoms in total. The van der Waals surface area contributed by atoms with Gasteiger partial charge < -0.3 is 10.1 Å². The third kappa shape index (κ3) is 4.24. The highest BCUT2D eigenvalue weighted by molar-refractivity contribution is 5.27. The van der Waals surface area contributed by atoms with Crippen LogP contribution in [0.25, 0.3) is 0 Å². The van der Waals surface area contributed by atoms with Gasteiger partial charge in [0.2, 0.25) is 0 Å². The van der Waals surface area contributed by atoms with Gasteiger partial charge in [-0.3, -0.25) is 0 Å². The molecule has 1 aliphatic carbocycles. The molecule has 1 atom stereocenters. The number of ether oxygens (including phenoxy) is 1. The van der Waals surface area contributed by atoms with E-state index in [0.29, 0.717) is 0 Å². The van der Waals surface area contributed by atoms with E-state index in [2.05, 4.69) is 36.5 Å². The first kappa shape index (κ1) is 14.4. The Kier molecular flexibility index (Phi) is 5.71.